The molecule has 0 spiro atoms. The molecule has 0 aliphatic heterocycles. The minimum absolute atomic E-state index is 0.816. The van der Waals surface area contributed by atoms with Gasteiger partial charge in [0.15, 0.2) is 0 Å². The van der Waals surface area contributed by atoms with Crippen LogP contribution in [-0.2, 0) is 0 Å². The maximum atomic E-state index is 5.59. The first-order valence-corrected chi connectivity index (χ1v) is 7.53. The Morgan fingerprint density at radius 2 is 1.70 bits per heavy atom. The Labute approximate surface area is 134 Å². The molecule has 4 aromatic rings. The summed E-state index contributed by atoms with van der Waals surface area (Å²) < 4.78 is 5.59. The third-order valence-corrected chi connectivity index (χ3v) is 3.99. The van der Waals surface area contributed by atoms with Crippen molar-refractivity contribution in [2.75, 3.05) is 12.4 Å². The van der Waals surface area contributed by atoms with Crippen molar-refractivity contribution in [3.05, 3.63) is 72.9 Å². The second-order valence-corrected chi connectivity index (χ2v) is 5.37. The maximum Gasteiger partial charge on any atom is 0.130 e. The van der Waals surface area contributed by atoms with Gasteiger partial charge in [0.1, 0.15) is 11.6 Å². The molecule has 112 valence electrons. The topological polar surface area (TPSA) is 34.1 Å². The number of nitrogens with zero attached hydrogens (tertiary/aromatic N) is 1. The van der Waals surface area contributed by atoms with E-state index in [4.69, 9.17) is 4.74 Å². The highest BCUT2D eigenvalue weighted by Gasteiger charge is 2.12. The van der Waals surface area contributed by atoms with Gasteiger partial charge in [-0.05, 0) is 35.0 Å². The number of fused-ring (bicyclic) bond motifs is 2. The Morgan fingerprint density at radius 1 is 0.870 bits per heavy atom. The molecule has 0 bridgehead atoms. The number of methoxy groups -OCH3 is 1. The van der Waals surface area contributed by atoms with Gasteiger partial charge in [0.2, 0.25) is 0 Å². The molecule has 1 N–H and O–H groups in total. The molecule has 1 heterocycles. The van der Waals surface area contributed by atoms with Gasteiger partial charge in [-0.3, -0.25) is 0 Å². The lowest BCUT2D eigenvalue weighted by Crippen LogP contribution is -1.97. The number of benzene rings is 3. The van der Waals surface area contributed by atoms with Crippen LogP contribution in [0.2, 0.25) is 0 Å². The van der Waals surface area contributed by atoms with Crippen molar-refractivity contribution in [3.63, 3.8) is 0 Å². The summed E-state index contributed by atoms with van der Waals surface area (Å²) in [6.45, 7) is 0. The van der Waals surface area contributed by atoms with Gasteiger partial charge < -0.3 is 10.1 Å². The molecule has 3 aromatic carbocycles. The van der Waals surface area contributed by atoms with Crippen LogP contribution in [-0.4, -0.2) is 12.1 Å². The standard InChI is InChI=1S/C20H16N2O/c1-23-17-10-6-8-15-13-14-7-2-3-9-16(14)20(19(15)17)22-18-11-4-5-12-21-18/h2-13H,1H3,(H,21,22). The first-order valence-electron chi connectivity index (χ1n) is 7.53. The van der Waals surface area contributed by atoms with Crippen LogP contribution in [0.1, 0.15) is 0 Å². The van der Waals surface area contributed by atoms with E-state index < -0.39 is 0 Å². The first-order chi connectivity index (χ1) is 11.4. The second-order valence-electron chi connectivity index (χ2n) is 5.37. The normalized spacial score (nSPS) is 10.8. The number of hydrogen-bond donors (Lipinski definition) is 1. The average Bonchev–Trinajstić information content (AvgIpc) is 2.61. The van der Waals surface area contributed by atoms with E-state index in [1.54, 1.807) is 13.3 Å². The van der Waals surface area contributed by atoms with E-state index in [1.165, 1.54) is 5.39 Å². The fraction of sp³-hybridized carbons (Fsp3) is 0.0500. The van der Waals surface area contributed by atoms with E-state index in [1.807, 2.05) is 36.4 Å². The van der Waals surface area contributed by atoms with Crippen molar-refractivity contribution in [1.29, 1.82) is 0 Å². The molecule has 3 nitrogen and oxygen atoms in total. The highest BCUT2D eigenvalue weighted by Crippen LogP contribution is 2.39. The van der Waals surface area contributed by atoms with E-state index in [0.29, 0.717) is 0 Å². The molecular formula is C20H16N2O. The lowest BCUT2D eigenvalue weighted by molar-refractivity contribution is 0.420. The SMILES string of the molecule is COc1cccc2cc3ccccc3c(Nc3ccccn3)c12. The maximum absolute atomic E-state index is 5.59. The molecule has 0 aliphatic carbocycles. The van der Waals surface area contributed by atoms with Gasteiger partial charge >= 0.3 is 0 Å². The van der Waals surface area contributed by atoms with Crippen LogP contribution in [0, 0.1) is 0 Å². The molecule has 0 saturated heterocycles. The van der Waals surface area contributed by atoms with Gasteiger partial charge in [0.25, 0.3) is 0 Å². The molecule has 0 radical (unpaired) electrons. The summed E-state index contributed by atoms with van der Waals surface area (Å²) >= 11 is 0. The molecule has 0 saturated carbocycles. The van der Waals surface area contributed by atoms with Gasteiger partial charge in [0.05, 0.1) is 12.8 Å². The third-order valence-electron chi connectivity index (χ3n) is 3.99. The lowest BCUT2D eigenvalue weighted by Gasteiger charge is -2.15. The quantitative estimate of drug-likeness (QED) is 0.532. The van der Waals surface area contributed by atoms with Crippen LogP contribution in [0.25, 0.3) is 21.5 Å². The number of anilines is 2. The molecule has 0 amide bonds. The Kier molecular flexibility index (Phi) is 3.31. The monoisotopic (exact) mass is 300 g/mol. The van der Waals surface area contributed by atoms with Crippen molar-refractivity contribution >= 4 is 33.1 Å². The summed E-state index contributed by atoms with van der Waals surface area (Å²) in [5, 5.41) is 8.02. The number of hydrogen-bond acceptors (Lipinski definition) is 3. The van der Waals surface area contributed by atoms with Gasteiger partial charge in [0, 0.05) is 17.0 Å². The molecule has 23 heavy (non-hydrogen) atoms. The summed E-state index contributed by atoms with van der Waals surface area (Å²) in [6, 6.07) is 22.5. The summed E-state index contributed by atoms with van der Waals surface area (Å²) in [5.41, 5.74) is 1.02. The number of nitrogens with one attached hydrogen (secondary N) is 1. The van der Waals surface area contributed by atoms with Crippen LogP contribution in [0.15, 0.2) is 72.9 Å². The van der Waals surface area contributed by atoms with Crippen molar-refractivity contribution in [2.45, 2.75) is 0 Å². The Balaban J connectivity index is 2.07. The van der Waals surface area contributed by atoms with Crippen LogP contribution >= 0.6 is 0 Å². The van der Waals surface area contributed by atoms with Gasteiger partial charge in [-0.15, -0.1) is 0 Å². The summed E-state index contributed by atoms with van der Waals surface area (Å²) in [6.07, 6.45) is 1.78. The Bertz CT molecular complexity index is 981. The minimum atomic E-state index is 0.816. The predicted octanol–water partition coefficient (Wildman–Crippen LogP) is 5.14. The molecule has 3 heteroatoms. The van der Waals surface area contributed by atoms with E-state index in [2.05, 4.69) is 40.6 Å². The second kappa shape index (κ2) is 5.61. The highest BCUT2D eigenvalue weighted by atomic mass is 16.5. The van der Waals surface area contributed by atoms with E-state index in [0.717, 1.165) is 33.4 Å². The van der Waals surface area contributed by atoms with Gasteiger partial charge in [-0.2, -0.15) is 0 Å². The van der Waals surface area contributed by atoms with Crippen molar-refractivity contribution < 1.29 is 4.74 Å². The number of pyridine rings is 1. The van der Waals surface area contributed by atoms with Gasteiger partial charge in [-0.25, -0.2) is 4.98 Å². The summed E-state index contributed by atoms with van der Waals surface area (Å²) in [7, 11) is 1.70. The lowest BCUT2D eigenvalue weighted by atomic mass is 10.00. The molecule has 0 unspecified atom stereocenters. The molecular weight excluding hydrogens is 284 g/mol. The minimum Gasteiger partial charge on any atom is -0.496 e. The zero-order valence-corrected chi connectivity index (χ0v) is 12.8. The van der Waals surface area contributed by atoms with Crippen molar-refractivity contribution in [3.8, 4) is 5.75 Å². The smallest absolute Gasteiger partial charge is 0.130 e. The fourth-order valence-corrected chi connectivity index (χ4v) is 2.95. The first kappa shape index (κ1) is 13.6. The molecule has 0 atom stereocenters. The van der Waals surface area contributed by atoms with E-state index >= 15 is 0 Å². The fourth-order valence-electron chi connectivity index (χ4n) is 2.95. The van der Waals surface area contributed by atoms with E-state index in [9.17, 15) is 0 Å². The van der Waals surface area contributed by atoms with Crippen molar-refractivity contribution in [2.24, 2.45) is 0 Å². The van der Waals surface area contributed by atoms with Crippen LogP contribution in [0.4, 0.5) is 11.5 Å². The molecule has 1 aromatic heterocycles. The predicted molar refractivity (Wildman–Crippen MR) is 95.5 cm³/mol. The molecule has 4 rings (SSSR count). The molecule has 0 aliphatic rings. The largest absolute Gasteiger partial charge is 0.496 e. The Hall–Kier alpha value is -3.07. The van der Waals surface area contributed by atoms with E-state index in [-0.39, 0.29) is 0 Å². The number of ether oxygens (including phenoxy) is 1. The number of rotatable bonds is 3. The third kappa shape index (κ3) is 2.36. The van der Waals surface area contributed by atoms with Crippen LogP contribution in [0.5, 0.6) is 5.75 Å². The zero-order valence-electron chi connectivity index (χ0n) is 12.8. The zero-order chi connectivity index (χ0) is 15.6. The highest BCUT2D eigenvalue weighted by molar-refractivity contribution is 6.14. The van der Waals surface area contributed by atoms with Gasteiger partial charge in [-0.1, -0.05) is 42.5 Å². The summed E-state index contributed by atoms with van der Waals surface area (Å²) in [5.74, 6) is 1.67. The average molecular weight is 300 g/mol. The van der Waals surface area contributed by atoms with Crippen LogP contribution in [0.3, 0.4) is 0 Å². The molecule has 0 fully saturated rings. The number of aromatic nitrogens is 1. The summed E-state index contributed by atoms with van der Waals surface area (Å²) in [4.78, 5) is 4.39. The van der Waals surface area contributed by atoms with Crippen LogP contribution < -0.4 is 10.1 Å². The Morgan fingerprint density at radius 3 is 2.52 bits per heavy atom. The van der Waals surface area contributed by atoms with Crippen molar-refractivity contribution in [1.82, 2.24) is 4.98 Å².